The number of carbonyl (C=O) groups excluding carboxylic acids is 1. The number of thioether (sulfide) groups is 1. The molecule has 0 spiro atoms. The lowest BCUT2D eigenvalue weighted by Gasteiger charge is -2.12. The van der Waals surface area contributed by atoms with Gasteiger partial charge in [-0.1, -0.05) is 61.0 Å². The van der Waals surface area contributed by atoms with Gasteiger partial charge in [0.15, 0.2) is 5.03 Å². The van der Waals surface area contributed by atoms with E-state index in [2.05, 4.69) is 10.3 Å². The van der Waals surface area contributed by atoms with Crippen molar-refractivity contribution in [3.8, 4) is 5.69 Å². The van der Waals surface area contributed by atoms with Crippen LogP contribution in [0, 0.1) is 0 Å². The molecule has 0 bridgehead atoms. The number of benzene rings is 2. The van der Waals surface area contributed by atoms with Crippen LogP contribution < -0.4 is 10.9 Å². The molecule has 0 saturated heterocycles. The van der Waals surface area contributed by atoms with Gasteiger partial charge in [-0.3, -0.25) is 14.2 Å². The van der Waals surface area contributed by atoms with Gasteiger partial charge in [0.25, 0.3) is 5.56 Å². The van der Waals surface area contributed by atoms with Gasteiger partial charge >= 0.3 is 0 Å². The molecule has 4 rings (SSSR count). The third kappa shape index (κ3) is 3.90. The summed E-state index contributed by atoms with van der Waals surface area (Å²) in [5.41, 5.74) is 0.616. The van der Waals surface area contributed by atoms with E-state index < -0.39 is 0 Å². The van der Waals surface area contributed by atoms with E-state index in [1.165, 1.54) is 24.6 Å². The largest absolute Gasteiger partial charge is 0.353 e. The summed E-state index contributed by atoms with van der Waals surface area (Å²) in [6.07, 6.45) is 7.73. The van der Waals surface area contributed by atoms with Crippen LogP contribution in [0.3, 0.4) is 0 Å². The lowest BCUT2D eigenvalue weighted by molar-refractivity contribution is -0.119. The summed E-state index contributed by atoms with van der Waals surface area (Å²) in [7, 11) is 0. The second kappa shape index (κ2) is 7.96. The number of hydrogen-bond donors (Lipinski definition) is 1. The Kier molecular flexibility index (Phi) is 5.25. The Bertz CT molecular complexity index is 1020. The molecule has 1 aromatic heterocycles. The topological polar surface area (TPSA) is 64.0 Å². The van der Waals surface area contributed by atoms with Crippen LogP contribution in [0.5, 0.6) is 0 Å². The van der Waals surface area contributed by atoms with E-state index in [1.54, 1.807) is 17.0 Å². The van der Waals surface area contributed by atoms with Crippen molar-refractivity contribution in [1.82, 2.24) is 14.9 Å². The molecule has 1 aliphatic carbocycles. The minimum atomic E-state index is -0.201. The van der Waals surface area contributed by atoms with Crippen molar-refractivity contribution in [2.45, 2.75) is 36.8 Å². The van der Waals surface area contributed by atoms with Crippen molar-refractivity contribution in [3.05, 3.63) is 65.2 Å². The molecular weight excluding hydrogens is 358 g/mol. The van der Waals surface area contributed by atoms with E-state index in [-0.39, 0.29) is 23.3 Å². The Morgan fingerprint density at radius 3 is 2.78 bits per heavy atom. The molecule has 0 unspecified atom stereocenters. The molecule has 6 heteroatoms. The lowest BCUT2D eigenvalue weighted by Crippen LogP contribution is -2.34. The van der Waals surface area contributed by atoms with Crippen LogP contribution in [0.2, 0.25) is 0 Å². The highest BCUT2D eigenvalue weighted by Gasteiger charge is 2.18. The van der Waals surface area contributed by atoms with Crippen LogP contribution in [0.1, 0.15) is 25.7 Å². The first-order valence-corrected chi connectivity index (χ1v) is 10.2. The molecule has 0 radical (unpaired) electrons. The van der Waals surface area contributed by atoms with E-state index in [4.69, 9.17) is 0 Å². The van der Waals surface area contributed by atoms with Crippen molar-refractivity contribution in [3.63, 3.8) is 0 Å². The number of amides is 1. The van der Waals surface area contributed by atoms with Crippen LogP contribution in [0.15, 0.2) is 64.7 Å². The molecular formula is C21H21N3O2S. The minimum Gasteiger partial charge on any atom is -0.353 e. The Morgan fingerprint density at radius 1 is 1.15 bits per heavy atom. The van der Waals surface area contributed by atoms with Crippen LogP contribution in [-0.2, 0) is 4.79 Å². The zero-order valence-corrected chi connectivity index (χ0v) is 15.7. The van der Waals surface area contributed by atoms with Gasteiger partial charge in [-0.15, -0.1) is 0 Å². The average molecular weight is 379 g/mol. The summed E-state index contributed by atoms with van der Waals surface area (Å²) in [5, 5.41) is 5.46. The Morgan fingerprint density at radius 2 is 1.93 bits per heavy atom. The summed E-state index contributed by atoms with van der Waals surface area (Å²) in [4.78, 5) is 29.3. The molecule has 0 atom stereocenters. The van der Waals surface area contributed by atoms with Gasteiger partial charge in [0.05, 0.1) is 11.4 Å². The van der Waals surface area contributed by atoms with Crippen LogP contribution in [0.25, 0.3) is 16.5 Å². The first-order valence-electron chi connectivity index (χ1n) is 9.20. The molecule has 1 aliphatic rings. The van der Waals surface area contributed by atoms with Gasteiger partial charge in [0.1, 0.15) is 0 Å². The summed E-state index contributed by atoms with van der Waals surface area (Å²) in [6.45, 7) is 0. The van der Waals surface area contributed by atoms with Crippen LogP contribution in [0.4, 0.5) is 0 Å². The zero-order chi connectivity index (χ0) is 18.6. The second-order valence-electron chi connectivity index (χ2n) is 6.74. The van der Waals surface area contributed by atoms with E-state index in [9.17, 15) is 9.59 Å². The van der Waals surface area contributed by atoms with Gasteiger partial charge in [-0.25, -0.2) is 4.98 Å². The molecule has 2 aromatic carbocycles. The van der Waals surface area contributed by atoms with Gasteiger partial charge in [0.2, 0.25) is 5.91 Å². The fourth-order valence-electron chi connectivity index (χ4n) is 3.57. The maximum Gasteiger partial charge on any atom is 0.287 e. The average Bonchev–Trinajstić information content (AvgIpc) is 3.20. The summed E-state index contributed by atoms with van der Waals surface area (Å²) in [5.74, 6) is 0.173. The van der Waals surface area contributed by atoms with Gasteiger partial charge in [-0.05, 0) is 24.3 Å². The monoisotopic (exact) mass is 379 g/mol. The number of fused-ring (bicyclic) bond motifs is 1. The fourth-order valence-corrected chi connectivity index (χ4v) is 4.28. The highest BCUT2D eigenvalue weighted by atomic mass is 32.2. The van der Waals surface area contributed by atoms with Gasteiger partial charge < -0.3 is 5.32 Å². The molecule has 1 fully saturated rings. The molecule has 138 valence electrons. The molecule has 3 aromatic rings. The summed E-state index contributed by atoms with van der Waals surface area (Å²) < 4.78 is 1.60. The maximum atomic E-state index is 12.9. The predicted molar refractivity (Wildman–Crippen MR) is 108 cm³/mol. The molecule has 1 heterocycles. The number of nitrogens with zero attached hydrogens (tertiary/aromatic N) is 2. The van der Waals surface area contributed by atoms with Gasteiger partial charge in [-0.2, -0.15) is 0 Å². The summed E-state index contributed by atoms with van der Waals surface area (Å²) >= 11 is 1.20. The number of rotatable bonds is 5. The molecule has 5 nitrogen and oxygen atoms in total. The molecule has 1 saturated carbocycles. The van der Waals surface area contributed by atoms with Crippen molar-refractivity contribution >= 4 is 28.4 Å². The zero-order valence-electron chi connectivity index (χ0n) is 14.9. The molecule has 1 N–H and O–H groups in total. The summed E-state index contributed by atoms with van der Waals surface area (Å²) in [6, 6.07) is 14.1. The molecule has 1 amide bonds. The van der Waals surface area contributed by atoms with Crippen molar-refractivity contribution in [2.75, 3.05) is 5.75 Å². The standard InChI is InChI=1S/C21H21N3O2S/c25-19(23-16-8-2-3-9-16)14-27-20-21(26)24(13-12-22-20)18-11-5-7-15-6-1-4-10-17(15)18/h1,4-7,10-13,16H,2-3,8-9,14H2,(H,23,25). The molecule has 0 aliphatic heterocycles. The number of carbonyl (C=O) groups is 1. The lowest BCUT2D eigenvalue weighted by atomic mass is 10.1. The fraction of sp³-hybridized carbons (Fsp3) is 0.286. The number of hydrogen-bond acceptors (Lipinski definition) is 4. The number of aromatic nitrogens is 2. The highest BCUT2D eigenvalue weighted by Crippen LogP contribution is 2.22. The quantitative estimate of drug-likeness (QED) is 0.689. The maximum absolute atomic E-state index is 12.9. The SMILES string of the molecule is O=C(CSc1nccn(-c2cccc3ccccc23)c1=O)NC1CCCC1. The first kappa shape index (κ1) is 17.8. The smallest absolute Gasteiger partial charge is 0.287 e. The van der Waals surface area contributed by atoms with Crippen LogP contribution in [-0.4, -0.2) is 27.3 Å². The van der Waals surface area contributed by atoms with Crippen LogP contribution >= 0.6 is 11.8 Å². The predicted octanol–water partition coefficient (Wildman–Crippen LogP) is 3.54. The minimum absolute atomic E-state index is 0.0336. The third-order valence-electron chi connectivity index (χ3n) is 4.90. The van der Waals surface area contributed by atoms with Crippen molar-refractivity contribution in [2.24, 2.45) is 0 Å². The van der Waals surface area contributed by atoms with E-state index in [0.29, 0.717) is 5.03 Å². The Hall–Kier alpha value is -2.60. The number of nitrogens with one attached hydrogen (secondary N) is 1. The van der Waals surface area contributed by atoms with Gasteiger partial charge in [0, 0.05) is 23.8 Å². The van der Waals surface area contributed by atoms with E-state index in [0.717, 1.165) is 29.3 Å². The highest BCUT2D eigenvalue weighted by molar-refractivity contribution is 7.99. The van der Waals surface area contributed by atoms with Crippen molar-refractivity contribution < 1.29 is 4.79 Å². The van der Waals surface area contributed by atoms with E-state index in [1.807, 2.05) is 42.5 Å². The Balaban J connectivity index is 1.56. The first-order chi connectivity index (χ1) is 13.2. The normalized spacial score (nSPS) is 14.5. The van der Waals surface area contributed by atoms with Crippen molar-refractivity contribution in [1.29, 1.82) is 0 Å². The second-order valence-corrected chi connectivity index (χ2v) is 7.71. The molecule has 27 heavy (non-hydrogen) atoms. The Labute approximate surface area is 161 Å². The van der Waals surface area contributed by atoms with E-state index >= 15 is 0 Å². The third-order valence-corrected chi connectivity index (χ3v) is 5.86.